The molecule has 2 amide bonds. The first-order valence-corrected chi connectivity index (χ1v) is 8.97. The van der Waals surface area contributed by atoms with Crippen LogP contribution in [0.4, 0.5) is 5.69 Å². The SMILES string of the molecule is CCOC(=O)CCNC(=O)CN1CCN(c2ccc(C(N)=NO)cc2)CC1=O. The zero-order chi connectivity index (χ0) is 20.5. The molecule has 1 aliphatic heterocycles. The van der Waals surface area contributed by atoms with E-state index in [1.165, 1.54) is 4.90 Å². The van der Waals surface area contributed by atoms with Crippen molar-refractivity contribution in [1.82, 2.24) is 10.2 Å². The van der Waals surface area contributed by atoms with Gasteiger partial charge in [-0.05, 0) is 31.2 Å². The number of rotatable bonds is 8. The Kier molecular flexibility index (Phi) is 7.61. The fraction of sp³-hybridized carbons (Fsp3) is 0.444. The van der Waals surface area contributed by atoms with Crippen LogP contribution < -0.4 is 16.0 Å². The summed E-state index contributed by atoms with van der Waals surface area (Å²) in [5.74, 6) is -0.825. The van der Waals surface area contributed by atoms with Crippen molar-refractivity contribution in [3.63, 3.8) is 0 Å². The van der Waals surface area contributed by atoms with Gasteiger partial charge in [-0.25, -0.2) is 0 Å². The summed E-state index contributed by atoms with van der Waals surface area (Å²) in [5.41, 5.74) is 6.95. The Balaban J connectivity index is 1.80. The first-order chi connectivity index (χ1) is 13.4. The number of piperazine rings is 1. The van der Waals surface area contributed by atoms with Crippen molar-refractivity contribution < 1.29 is 24.3 Å². The predicted molar refractivity (Wildman–Crippen MR) is 102 cm³/mol. The highest BCUT2D eigenvalue weighted by atomic mass is 16.5. The number of hydrogen-bond acceptors (Lipinski definition) is 7. The van der Waals surface area contributed by atoms with Gasteiger partial charge in [-0.2, -0.15) is 0 Å². The third-order valence-corrected chi connectivity index (χ3v) is 4.25. The lowest BCUT2D eigenvalue weighted by Crippen LogP contribution is -2.53. The Labute approximate surface area is 162 Å². The number of esters is 1. The highest BCUT2D eigenvalue weighted by molar-refractivity contribution is 5.97. The molecule has 2 rings (SSSR count). The van der Waals surface area contributed by atoms with E-state index in [0.29, 0.717) is 25.3 Å². The maximum atomic E-state index is 12.4. The molecule has 1 aliphatic rings. The van der Waals surface area contributed by atoms with E-state index < -0.39 is 0 Å². The van der Waals surface area contributed by atoms with Crippen LogP contribution in [0.5, 0.6) is 0 Å². The van der Waals surface area contributed by atoms with Gasteiger partial charge in [-0.1, -0.05) is 5.16 Å². The highest BCUT2D eigenvalue weighted by Crippen LogP contribution is 2.17. The minimum absolute atomic E-state index is 0.0152. The number of nitrogens with two attached hydrogens (primary N) is 1. The average Bonchev–Trinajstić information content (AvgIpc) is 2.69. The molecular formula is C18H25N5O5. The molecule has 0 saturated carbocycles. The van der Waals surface area contributed by atoms with Gasteiger partial charge in [0, 0.05) is 30.9 Å². The second-order valence-electron chi connectivity index (χ2n) is 6.17. The highest BCUT2D eigenvalue weighted by Gasteiger charge is 2.25. The van der Waals surface area contributed by atoms with Crippen LogP contribution in [-0.4, -0.2) is 73.1 Å². The van der Waals surface area contributed by atoms with Crippen LogP contribution in [0.25, 0.3) is 0 Å². The van der Waals surface area contributed by atoms with E-state index in [9.17, 15) is 14.4 Å². The molecule has 28 heavy (non-hydrogen) atoms. The van der Waals surface area contributed by atoms with E-state index in [-0.39, 0.29) is 49.7 Å². The summed E-state index contributed by atoms with van der Waals surface area (Å²) < 4.78 is 4.79. The van der Waals surface area contributed by atoms with E-state index in [1.807, 2.05) is 4.90 Å². The number of benzene rings is 1. The molecule has 1 saturated heterocycles. The molecule has 4 N–H and O–H groups in total. The number of amides is 2. The summed E-state index contributed by atoms with van der Waals surface area (Å²) in [6, 6.07) is 6.99. The van der Waals surface area contributed by atoms with Gasteiger partial charge in [0.15, 0.2) is 5.84 Å². The summed E-state index contributed by atoms with van der Waals surface area (Å²) in [7, 11) is 0. The molecule has 0 atom stereocenters. The molecule has 1 fully saturated rings. The number of anilines is 1. The topological polar surface area (TPSA) is 138 Å². The van der Waals surface area contributed by atoms with Crippen molar-refractivity contribution in [1.29, 1.82) is 0 Å². The van der Waals surface area contributed by atoms with Crippen molar-refractivity contribution in [2.75, 3.05) is 44.2 Å². The van der Waals surface area contributed by atoms with Gasteiger partial charge in [-0.3, -0.25) is 14.4 Å². The lowest BCUT2D eigenvalue weighted by atomic mass is 10.1. The van der Waals surface area contributed by atoms with Gasteiger partial charge < -0.3 is 30.8 Å². The maximum Gasteiger partial charge on any atom is 0.307 e. The van der Waals surface area contributed by atoms with E-state index in [1.54, 1.807) is 31.2 Å². The molecule has 1 aromatic rings. The number of carbonyl (C=O) groups excluding carboxylic acids is 3. The number of nitrogens with one attached hydrogen (secondary N) is 1. The molecule has 152 valence electrons. The average molecular weight is 391 g/mol. The zero-order valence-electron chi connectivity index (χ0n) is 15.8. The third-order valence-electron chi connectivity index (χ3n) is 4.25. The summed E-state index contributed by atoms with van der Waals surface area (Å²) >= 11 is 0. The lowest BCUT2D eigenvalue weighted by molar-refractivity contribution is -0.143. The normalized spacial score (nSPS) is 14.8. The molecule has 0 spiro atoms. The summed E-state index contributed by atoms with van der Waals surface area (Å²) in [4.78, 5) is 39.0. The fourth-order valence-electron chi connectivity index (χ4n) is 2.76. The van der Waals surface area contributed by atoms with Gasteiger partial charge in [0.25, 0.3) is 0 Å². The van der Waals surface area contributed by atoms with Crippen LogP contribution in [0.15, 0.2) is 29.4 Å². The molecule has 0 unspecified atom stereocenters. The Morgan fingerprint density at radius 1 is 1.29 bits per heavy atom. The zero-order valence-corrected chi connectivity index (χ0v) is 15.8. The molecule has 10 heteroatoms. The molecule has 0 radical (unpaired) electrons. The van der Waals surface area contributed by atoms with E-state index in [2.05, 4.69) is 10.5 Å². The van der Waals surface area contributed by atoms with Crippen LogP contribution in [0.1, 0.15) is 18.9 Å². The van der Waals surface area contributed by atoms with E-state index >= 15 is 0 Å². The van der Waals surface area contributed by atoms with Crippen molar-refractivity contribution in [2.24, 2.45) is 10.9 Å². The minimum atomic E-state index is -0.370. The molecule has 1 heterocycles. The van der Waals surface area contributed by atoms with Crippen molar-refractivity contribution in [2.45, 2.75) is 13.3 Å². The number of carbonyl (C=O) groups is 3. The number of amidine groups is 1. The number of oxime groups is 1. The molecule has 0 bridgehead atoms. The van der Waals surface area contributed by atoms with Crippen LogP contribution in [0, 0.1) is 0 Å². The second kappa shape index (κ2) is 10.1. The maximum absolute atomic E-state index is 12.4. The Bertz CT molecular complexity index is 734. The van der Waals surface area contributed by atoms with Crippen LogP contribution in [0.3, 0.4) is 0 Å². The number of ether oxygens (including phenoxy) is 1. The standard InChI is InChI=1S/C18H25N5O5/c1-2-28-17(26)7-8-20-15(24)11-23-10-9-22(12-16(23)25)14-5-3-13(4-6-14)18(19)21-27/h3-6,27H,2,7-12H2,1H3,(H2,19,21)(H,20,24). The first kappa shape index (κ1) is 21.0. The number of hydrogen-bond donors (Lipinski definition) is 3. The Morgan fingerprint density at radius 2 is 2.00 bits per heavy atom. The van der Waals surface area contributed by atoms with Crippen LogP contribution >= 0.6 is 0 Å². The monoisotopic (exact) mass is 391 g/mol. The van der Waals surface area contributed by atoms with Gasteiger partial charge >= 0.3 is 5.97 Å². The third kappa shape index (κ3) is 5.86. The molecule has 10 nitrogen and oxygen atoms in total. The molecule has 0 aromatic heterocycles. The first-order valence-electron chi connectivity index (χ1n) is 8.97. The summed E-state index contributed by atoms with van der Waals surface area (Å²) in [5, 5.41) is 14.3. The molecule has 1 aromatic carbocycles. The van der Waals surface area contributed by atoms with Crippen molar-refractivity contribution in [3.8, 4) is 0 Å². The van der Waals surface area contributed by atoms with Gasteiger partial charge in [-0.15, -0.1) is 0 Å². The second-order valence-corrected chi connectivity index (χ2v) is 6.17. The summed E-state index contributed by atoms with van der Waals surface area (Å²) in [6.45, 7) is 3.29. The molecular weight excluding hydrogens is 366 g/mol. The quantitative estimate of drug-likeness (QED) is 0.179. The molecule has 0 aliphatic carbocycles. The van der Waals surface area contributed by atoms with Crippen LogP contribution in [0.2, 0.25) is 0 Å². The number of nitrogens with zero attached hydrogens (tertiary/aromatic N) is 3. The van der Waals surface area contributed by atoms with Crippen molar-refractivity contribution in [3.05, 3.63) is 29.8 Å². The van der Waals surface area contributed by atoms with Gasteiger partial charge in [0.05, 0.1) is 26.1 Å². The van der Waals surface area contributed by atoms with Crippen LogP contribution in [-0.2, 0) is 19.1 Å². The predicted octanol–water partition coefficient (Wildman–Crippen LogP) is -0.501. The minimum Gasteiger partial charge on any atom is -0.466 e. The van der Waals surface area contributed by atoms with E-state index in [4.69, 9.17) is 15.7 Å². The van der Waals surface area contributed by atoms with Gasteiger partial charge in [0.1, 0.15) is 0 Å². The lowest BCUT2D eigenvalue weighted by Gasteiger charge is -2.35. The Morgan fingerprint density at radius 3 is 2.61 bits per heavy atom. The van der Waals surface area contributed by atoms with E-state index in [0.717, 1.165) is 5.69 Å². The fourth-order valence-corrected chi connectivity index (χ4v) is 2.76. The smallest absolute Gasteiger partial charge is 0.307 e. The largest absolute Gasteiger partial charge is 0.466 e. The van der Waals surface area contributed by atoms with Crippen molar-refractivity contribution >= 4 is 29.3 Å². The van der Waals surface area contributed by atoms with Gasteiger partial charge in [0.2, 0.25) is 11.8 Å². The Hall–Kier alpha value is -3.30. The summed E-state index contributed by atoms with van der Waals surface area (Å²) in [6.07, 6.45) is 0.100.